The third-order valence-electron chi connectivity index (χ3n) is 3.52. The smallest absolute Gasteiger partial charge is 0.341 e. The van der Waals surface area contributed by atoms with Crippen LogP contribution in [0, 0.1) is 11.3 Å². The zero-order valence-electron chi connectivity index (χ0n) is 13.9. The van der Waals surface area contributed by atoms with Crippen molar-refractivity contribution in [3.8, 4) is 11.8 Å². The molecule has 0 unspecified atom stereocenters. The van der Waals surface area contributed by atoms with Gasteiger partial charge in [-0.3, -0.25) is 9.59 Å². The van der Waals surface area contributed by atoms with E-state index in [2.05, 4.69) is 5.32 Å². The van der Waals surface area contributed by atoms with Gasteiger partial charge in [-0.2, -0.15) is 5.26 Å². The molecule has 0 bridgehead atoms. The van der Waals surface area contributed by atoms with Crippen LogP contribution in [-0.4, -0.2) is 35.4 Å². The number of amides is 1. The van der Waals surface area contributed by atoms with Crippen LogP contribution in [0.25, 0.3) is 0 Å². The maximum atomic E-state index is 12.3. The minimum absolute atomic E-state index is 0.274. The molecule has 26 heavy (non-hydrogen) atoms. The fourth-order valence-electron chi connectivity index (χ4n) is 2.15. The zero-order valence-corrected chi connectivity index (χ0v) is 13.9. The van der Waals surface area contributed by atoms with Gasteiger partial charge in [-0.15, -0.1) is 0 Å². The first-order valence-corrected chi connectivity index (χ1v) is 7.70. The second kappa shape index (κ2) is 8.44. The normalized spacial score (nSPS) is 11.1. The predicted molar refractivity (Wildman–Crippen MR) is 92.0 cm³/mol. The number of benzene rings is 2. The standard InChI is InChI=1S/C19H16N2O5/c1-12(18(24)14-4-2-13(10-20)3-5-14)21-19(25)15-6-8-16(9-7-15)26-11-17(22)23/h2-9,12H,11H2,1H3,(H,21,25)(H,22,23)/t12-/m1/s1. The lowest BCUT2D eigenvalue weighted by atomic mass is 10.0. The van der Waals surface area contributed by atoms with Crippen LogP contribution in [-0.2, 0) is 4.79 Å². The molecule has 0 fully saturated rings. The number of aliphatic carboxylic acids is 1. The molecular weight excluding hydrogens is 336 g/mol. The Kier molecular flexibility index (Phi) is 6.06. The number of ketones is 1. The Balaban J connectivity index is 1.98. The number of carbonyl (C=O) groups is 3. The molecule has 7 nitrogen and oxygen atoms in total. The van der Waals surface area contributed by atoms with Gasteiger partial charge in [0.15, 0.2) is 12.4 Å². The molecule has 2 N–H and O–H groups in total. The summed E-state index contributed by atoms with van der Waals surface area (Å²) in [5.41, 5.74) is 1.16. The van der Waals surface area contributed by atoms with Crippen LogP contribution in [0.2, 0.25) is 0 Å². The molecule has 2 aromatic carbocycles. The van der Waals surface area contributed by atoms with E-state index in [1.54, 1.807) is 6.92 Å². The molecule has 2 aromatic rings. The van der Waals surface area contributed by atoms with Crippen molar-refractivity contribution in [2.75, 3.05) is 6.61 Å². The summed E-state index contributed by atoms with van der Waals surface area (Å²) in [4.78, 5) is 35.0. The number of nitrogens with one attached hydrogen (secondary N) is 1. The van der Waals surface area contributed by atoms with E-state index in [4.69, 9.17) is 15.1 Å². The number of Topliss-reactive ketones (excluding diaryl/α,β-unsaturated/α-hetero) is 1. The maximum Gasteiger partial charge on any atom is 0.341 e. The van der Waals surface area contributed by atoms with Gasteiger partial charge in [0.1, 0.15) is 5.75 Å². The van der Waals surface area contributed by atoms with Gasteiger partial charge < -0.3 is 15.2 Å². The lowest BCUT2D eigenvalue weighted by molar-refractivity contribution is -0.139. The SMILES string of the molecule is C[C@@H](NC(=O)c1ccc(OCC(=O)O)cc1)C(=O)c1ccc(C#N)cc1. The predicted octanol–water partition coefficient (Wildman–Crippen LogP) is 2.02. The molecule has 0 aliphatic rings. The summed E-state index contributed by atoms with van der Waals surface area (Å²) in [6.45, 7) is 1.10. The fraction of sp³-hybridized carbons (Fsp3) is 0.158. The van der Waals surface area contributed by atoms with E-state index in [1.807, 2.05) is 6.07 Å². The molecule has 1 amide bonds. The van der Waals surface area contributed by atoms with Crippen molar-refractivity contribution in [2.24, 2.45) is 0 Å². The first-order chi connectivity index (χ1) is 12.4. The van der Waals surface area contributed by atoms with Crippen molar-refractivity contribution in [2.45, 2.75) is 13.0 Å². The minimum Gasteiger partial charge on any atom is -0.482 e. The quantitative estimate of drug-likeness (QED) is 0.736. The van der Waals surface area contributed by atoms with Crippen LogP contribution in [0.3, 0.4) is 0 Å². The lowest BCUT2D eigenvalue weighted by Crippen LogP contribution is -2.38. The van der Waals surface area contributed by atoms with Gasteiger partial charge in [0.25, 0.3) is 5.91 Å². The summed E-state index contributed by atoms with van der Waals surface area (Å²) < 4.78 is 4.99. The average Bonchev–Trinajstić information content (AvgIpc) is 2.66. The molecule has 0 aromatic heterocycles. The van der Waals surface area contributed by atoms with E-state index in [-0.39, 0.29) is 5.78 Å². The Labute approximate surface area is 149 Å². The molecule has 0 aliphatic carbocycles. The summed E-state index contributed by atoms with van der Waals surface area (Å²) in [6, 6.07) is 13.3. The number of nitriles is 1. The Morgan fingerprint density at radius 1 is 1.08 bits per heavy atom. The first kappa shape index (κ1) is 18.7. The van der Waals surface area contributed by atoms with Crippen molar-refractivity contribution >= 4 is 17.7 Å². The number of nitrogens with zero attached hydrogens (tertiary/aromatic N) is 1. The molecule has 0 aliphatic heterocycles. The van der Waals surface area contributed by atoms with Crippen molar-refractivity contribution in [3.63, 3.8) is 0 Å². The number of carboxylic acid groups (broad SMARTS) is 1. The lowest BCUT2D eigenvalue weighted by Gasteiger charge is -2.13. The molecule has 1 atom stereocenters. The highest BCUT2D eigenvalue weighted by Crippen LogP contribution is 2.13. The highest BCUT2D eigenvalue weighted by Gasteiger charge is 2.18. The monoisotopic (exact) mass is 352 g/mol. The molecular formula is C19H16N2O5. The highest BCUT2D eigenvalue weighted by molar-refractivity contribution is 6.04. The number of hydrogen-bond acceptors (Lipinski definition) is 5. The van der Waals surface area contributed by atoms with Gasteiger partial charge in [0.2, 0.25) is 0 Å². The van der Waals surface area contributed by atoms with E-state index in [0.29, 0.717) is 22.4 Å². The molecule has 2 rings (SSSR count). The number of ether oxygens (including phenoxy) is 1. The van der Waals surface area contributed by atoms with Gasteiger partial charge >= 0.3 is 5.97 Å². The summed E-state index contributed by atoms with van der Waals surface area (Å²) in [7, 11) is 0. The van der Waals surface area contributed by atoms with E-state index in [9.17, 15) is 14.4 Å². The topological polar surface area (TPSA) is 116 Å². The number of rotatable bonds is 7. The molecule has 132 valence electrons. The van der Waals surface area contributed by atoms with Crippen LogP contribution in [0.4, 0.5) is 0 Å². The summed E-state index contributed by atoms with van der Waals surface area (Å²) in [5, 5.41) is 19.9. The van der Waals surface area contributed by atoms with E-state index in [1.165, 1.54) is 48.5 Å². The largest absolute Gasteiger partial charge is 0.482 e. The number of carboxylic acids is 1. The Bertz CT molecular complexity index is 851. The van der Waals surface area contributed by atoms with Gasteiger partial charge in [0.05, 0.1) is 17.7 Å². The van der Waals surface area contributed by atoms with Crippen molar-refractivity contribution < 1.29 is 24.2 Å². The molecule has 0 saturated carbocycles. The molecule has 7 heteroatoms. The van der Waals surface area contributed by atoms with Gasteiger partial charge in [-0.05, 0) is 43.3 Å². The molecule has 0 heterocycles. The third-order valence-corrected chi connectivity index (χ3v) is 3.52. The molecule has 0 saturated heterocycles. The van der Waals surface area contributed by atoms with Crippen LogP contribution in [0.15, 0.2) is 48.5 Å². The summed E-state index contributed by atoms with van der Waals surface area (Å²) in [6.07, 6.45) is 0. The van der Waals surface area contributed by atoms with Crippen molar-refractivity contribution in [1.82, 2.24) is 5.32 Å². The second-order valence-corrected chi connectivity index (χ2v) is 5.46. The van der Waals surface area contributed by atoms with E-state index >= 15 is 0 Å². The van der Waals surface area contributed by atoms with Crippen molar-refractivity contribution in [1.29, 1.82) is 5.26 Å². The zero-order chi connectivity index (χ0) is 19.1. The van der Waals surface area contributed by atoms with Gasteiger partial charge in [-0.1, -0.05) is 12.1 Å². The van der Waals surface area contributed by atoms with Crippen LogP contribution in [0.1, 0.15) is 33.2 Å². The summed E-state index contributed by atoms with van der Waals surface area (Å²) >= 11 is 0. The Hall–Kier alpha value is -3.66. The van der Waals surface area contributed by atoms with E-state index < -0.39 is 24.5 Å². The van der Waals surface area contributed by atoms with E-state index in [0.717, 1.165) is 0 Å². The Morgan fingerprint density at radius 2 is 1.65 bits per heavy atom. The van der Waals surface area contributed by atoms with Gasteiger partial charge in [0, 0.05) is 11.1 Å². The molecule has 0 spiro atoms. The number of carbonyl (C=O) groups excluding carboxylic acids is 2. The first-order valence-electron chi connectivity index (χ1n) is 7.70. The number of hydrogen-bond donors (Lipinski definition) is 2. The van der Waals surface area contributed by atoms with Crippen LogP contribution < -0.4 is 10.1 Å². The van der Waals surface area contributed by atoms with Crippen molar-refractivity contribution in [3.05, 3.63) is 65.2 Å². The highest BCUT2D eigenvalue weighted by atomic mass is 16.5. The second-order valence-electron chi connectivity index (χ2n) is 5.46. The maximum absolute atomic E-state index is 12.3. The summed E-state index contributed by atoms with van der Waals surface area (Å²) in [5.74, 6) is -1.49. The van der Waals surface area contributed by atoms with Gasteiger partial charge in [-0.25, -0.2) is 4.79 Å². The minimum atomic E-state index is -1.10. The molecule has 0 radical (unpaired) electrons. The Morgan fingerprint density at radius 3 is 2.19 bits per heavy atom. The fourth-order valence-corrected chi connectivity index (χ4v) is 2.15. The van der Waals surface area contributed by atoms with Crippen LogP contribution >= 0.6 is 0 Å². The average molecular weight is 352 g/mol. The third kappa shape index (κ3) is 4.92. The van der Waals surface area contributed by atoms with Crippen LogP contribution in [0.5, 0.6) is 5.75 Å².